The lowest BCUT2D eigenvalue weighted by Gasteiger charge is -2.30. The van der Waals surface area contributed by atoms with Gasteiger partial charge in [-0.15, -0.1) is 0 Å². The average Bonchev–Trinajstić information content (AvgIpc) is 2.81. The van der Waals surface area contributed by atoms with Crippen LogP contribution in [0.5, 0.6) is 0 Å². The van der Waals surface area contributed by atoms with Gasteiger partial charge >= 0.3 is 0 Å². The third-order valence-corrected chi connectivity index (χ3v) is 3.94. The number of para-hydroxylation sites is 1. The van der Waals surface area contributed by atoms with E-state index in [9.17, 15) is 4.39 Å². The van der Waals surface area contributed by atoms with Gasteiger partial charge in [0, 0.05) is 5.54 Å². The van der Waals surface area contributed by atoms with Gasteiger partial charge in [-0.05, 0) is 43.6 Å². The molecule has 0 amide bonds. The molecule has 0 aliphatic heterocycles. The van der Waals surface area contributed by atoms with Crippen molar-refractivity contribution >= 4 is 23.0 Å². The molecular weight excluding hydrogens is 247 g/mol. The summed E-state index contributed by atoms with van der Waals surface area (Å²) in [6, 6.07) is 6.58. The van der Waals surface area contributed by atoms with Gasteiger partial charge in [0.1, 0.15) is 5.82 Å². The van der Waals surface area contributed by atoms with Gasteiger partial charge in [0.25, 0.3) is 0 Å². The summed E-state index contributed by atoms with van der Waals surface area (Å²) in [5.41, 5.74) is 0.536. The van der Waals surface area contributed by atoms with Crippen molar-refractivity contribution in [3.63, 3.8) is 0 Å². The third-order valence-electron chi connectivity index (χ3n) is 3.74. The molecule has 0 bridgehead atoms. The van der Waals surface area contributed by atoms with Gasteiger partial charge in [0.15, 0.2) is 5.11 Å². The van der Waals surface area contributed by atoms with Crippen molar-refractivity contribution in [3.05, 3.63) is 30.1 Å². The fraction of sp³-hybridized carbons (Fsp3) is 0.500. The van der Waals surface area contributed by atoms with Crippen LogP contribution in [-0.4, -0.2) is 10.7 Å². The molecular formula is C14H19FN2S. The second-order valence-electron chi connectivity index (χ2n) is 4.90. The van der Waals surface area contributed by atoms with Crippen LogP contribution < -0.4 is 10.6 Å². The molecule has 0 spiro atoms. The van der Waals surface area contributed by atoms with Crippen LogP contribution in [0.1, 0.15) is 39.0 Å². The maximum atomic E-state index is 13.5. The second-order valence-corrected chi connectivity index (χ2v) is 5.31. The molecule has 1 fully saturated rings. The first kappa shape index (κ1) is 13.3. The van der Waals surface area contributed by atoms with Gasteiger partial charge in [-0.1, -0.05) is 31.9 Å². The van der Waals surface area contributed by atoms with E-state index in [1.54, 1.807) is 18.2 Å². The topological polar surface area (TPSA) is 24.1 Å². The quantitative estimate of drug-likeness (QED) is 0.813. The molecule has 1 aromatic carbocycles. The van der Waals surface area contributed by atoms with Crippen LogP contribution in [0.25, 0.3) is 0 Å². The van der Waals surface area contributed by atoms with E-state index in [-0.39, 0.29) is 11.4 Å². The lowest BCUT2D eigenvalue weighted by molar-refractivity contribution is 0.378. The largest absolute Gasteiger partial charge is 0.357 e. The first-order valence-corrected chi connectivity index (χ1v) is 6.90. The van der Waals surface area contributed by atoms with Crippen LogP contribution in [0.15, 0.2) is 24.3 Å². The lowest BCUT2D eigenvalue weighted by atomic mass is 9.95. The summed E-state index contributed by atoms with van der Waals surface area (Å²) in [4.78, 5) is 0. The summed E-state index contributed by atoms with van der Waals surface area (Å²) in [6.45, 7) is 2.17. The Morgan fingerprint density at radius 2 is 2.00 bits per heavy atom. The Morgan fingerprint density at radius 3 is 2.61 bits per heavy atom. The molecule has 0 aromatic heterocycles. The van der Waals surface area contributed by atoms with Crippen LogP contribution >= 0.6 is 12.2 Å². The van der Waals surface area contributed by atoms with E-state index in [0.717, 1.165) is 19.3 Å². The third kappa shape index (κ3) is 2.99. The summed E-state index contributed by atoms with van der Waals surface area (Å²) in [5, 5.41) is 6.83. The van der Waals surface area contributed by atoms with Crippen molar-refractivity contribution in [1.29, 1.82) is 0 Å². The van der Waals surface area contributed by atoms with Crippen molar-refractivity contribution in [2.24, 2.45) is 0 Å². The zero-order chi connectivity index (χ0) is 13.0. The molecule has 98 valence electrons. The molecule has 0 heterocycles. The Kier molecular flexibility index (Phi) is 4.17. The second kappa shape index (κ2) is 5.65. The van der Waals surface area contributed by atoms with Crippen LogP contribution in [0.3, 0.4) is 0 Å². The Bertz CT molecular complexity index is 428. The fourth-order valence-electron chi connectivity index (χ4n) is 2.58. The van der Waals surface area contributed by atoms with Gasteiger partial charge in [0.05, 0.1) is 5.69 Å². The van der Waals surface area contributed by atoms with E-state index < -0.39 is 0 Å². The minimum Gasteiger partial charge on any atom is -0.357 e. The predicted octanol–water partition coefficient (Wildman–Crippen LogP) is 3.83. The molecule has 2 N–H and O–H groups in total. The minimum absolute atomic E-state index is 0.106. The highest BCUT2D eigenvalue weighted by Crippen LogP contribution is 2.32. The zero-order valence-electron chi connectivity index (χ0n) is 10.6. The van der Waals surface area contributed by atoms with Crippen molar-refractivity contribution in [2.75, 3.05) is 5.32 Å². The molecule has 4 heteroatoms. The van der Waals surface area contributed by atoms with E-state index >= 15 is 0 Å². The Labute approximate surface area is 113 Å². The number of thiocarbonyl (C=S) groups is 1. The van der Waals surface area contributed by atoms with Crippen molar-refractivity contribution in [2.45, 2.75) is 44.6 Å². The molecule has 1 saturated carbocycles. The van der Waals surface area contributed by atoms with Crippen molar-refractivity contribution in [3.8, 4) is 0 Å². The maximum absolute atomic E-state index is 13.5. The molecule has 1 aromatic rings. The summed E-state index contributed by atoms with van der Waals surface area (Å²) in [6.07, 6.45) is 5.81. The fourth-order valence-corrected chi connectivity index (χ4v) is 2.90. The van der Waals surface area contributed by atoms with E-state index in [4.69, 9.17) is 12.2 Å². The average molecular weight is 266 g/mol. The number of anilines is 1. The molecule has 0 saturated heterocycles. The van der Waals surface area contributed by atoms with Gasteiger partial charge in [0.2, 0.25) is 0 Å². The van der Waals surface area contributed by atoms with Crippen LogP contribution in [0.4, 0.5) is 10.1 Å². The number of hydrogen-bond acceptors (Lipinski definition) is 1. The molecule has 0 atom stereocenters. The van der Waals surface area contributed by atoms with Crippen molar-refractivity contribution in [1.82, 2.24) is 5.32 Å². The van der Waals surface area contributed by atoms with E-state index in [0.29, 0.717) is 10.8 Å². The molecule has 1 aliphatic rings. The molecule has 2 rings (SSSR count). The number of hydrogen-bond donors (Lipinski definition) is 2. The highest BCUT2D eigenvalue weighted by molar-refractivity contribution is 7.80. The Balaban J connectivity index is 1.98. The summed E-state index contributed by atoms with van der Waals surface area (Å²) in [7, 11) is 0. The van der Waals surface area contributed by atoms with Gasteiger partial charge < -0.3 is 10.6 Å². The monoisotopic (exact) mass is 266 g/mol. The normalized spacial score (nSPS) is 17.4. The molecule has 0 radical (unpaired) electrons. The number of rotatable bonds is 3. The van der Waals surface area contributed by atoms with Crippen LogP contribution in [0, 0.1) is 5.82 Å². The molecule has 2 nitrogen and oxygen atoms in total. The summed E-state index contributed by atoms with van der Waals surface area (Å²) >= 11 is 5.28. The summed E-state index contributed by atoms with van der Waals surface area (Å²) < 4.78 is 13.5. The standard InChI is InChI=1S/C14H19FN2S/c1-2-14(9-5-6-10-14)17-13(18)16-12-8-4-3-7-11(12)15/h3-4,7-8H,2,5-6,9-10H2,1H3,(H2,16,17,18). The highest BCUT2D eigenvalue weighted by atomic mass is 32.1. The Hall–Kier alpha value is -1.16. The van der Waals surface area contributed by atoms with Crippen LogP contribution in [0.2, 0.25) is 0 Å². The first-order chi connectivity index (χ1) is 8.65. The number of benzene rings is 1. The predicted molar refractivity (Wildman–Crippen MR) is 77.2 cm³/mol. The smallest absolute Gasteiger partial charge is 0.171 e. The molecule has 1 aliphatic carbocycles. The van der Waals surface area contributed by atoms with E-state index in [1.807, 2.05) is 0 Å². The van der Waals surface area contributed by atoms with Crippen molar-refractivity contribution < 1.29 is 4.39 Å². The summed E-state index contributed by atoms with van der Waals surface area (Å²) in [5.74, 6) is -0.279. The lowest BCUT2D eigenvalue weighted by Crippen LogP contribution is -2.47. The first-order valence-electron chi connectivity index (χ1n) is 6.49. The number of nitrogens with one attached hydrogen (secondary N) is 2. The highest BCUT2D eigenvalue weighted by Gasteiger charge is 2.32. The maximum Gasteiger partial charge on any atom is 0.171 e. The molecule has 0 unspecified atom stereocenters. The zero-order valence-corrected chi connectivity index (χ0v) is 11.4. The van der Waals surface area contributed by atoms with Gasteiger partial charge in [-0.2, -0.15) is 0 Å². The Morgan fingerprint density at radius 1 is 1.33 bits per heavy atom. The number of halogens is 1. The van der Waals surface area contributed by atoms with E-state index in [1.165, 1.54) is 18.9 Å². The van der Waals surface area contributed by atoms with Gasteiger partial charge in [-0.3, -0.25) is 0 Å². The van der Waals surface area contributed by atoms with Gasteiger partial charge in [-0.25, -0.2) is 4.39 Å². The van der Waals surface area contributed by atoms with E-state index in [2.05, 4.69) is 17.6 Å². The SMILES string of the molecule is CCC1(NC(=S)Nc2ccccc2F)CCCC1. The minimum atomic E-state index is -0.279. The van der Waals surface area contributed by atoms with Crippen LogP contribution in [-0.2, 0) is 0 Å². The molecule has 18 heavy (non-hydrogen) atoms.